The molecular weight excluding hydrogens is 314 g/mol. The Morgan fingerprint density at radius 1 is 1.24 bits per heavy atom. The highest BCUT2D eigenvalue weighted by Crippen LogP contribution is 2.18. The van der Waals surface area contributed by atoms with Crippen LogP contribution in [0.15, 0.2) is 42.7 Å². The smallest absolute Gasteiger partial charge is 0.315 e. The van der Waals surface area contributed by atoms with E-state index in [-0.39, 0.29) is 12.1 Å². The number of nitrogens with zero attached hydrogens (tertiary/aromatic N) is 3. The number of rotatable bonds is 6. The molecule has 25 heavy (non-hydrogen) atoms. The monoisotopic (exact) mass is 341 g/mol. The first-order chi connectivity index (χ1) is 12.1. The second kappa shape index (κ2) is 8.16. The van der Waals surface area contributed by atoms with E-state index in [9.17, 15) is 4.79 Å². The molecule has 1 aliphatic rings. The number of likely N-dealkylation sites (tertiary alicyclic amines) is 1. The van der Waals surface area contributed by atoms with Gasteiger partial charge in [0.25, 0.3) is 0 Å². The van der Waals surface area contributed by atoms with Gasteiger partial charge in [-0.2, -0.15) is 5.10 Å². The standard InChI is InChI=1S/C19H27N5O/c1-15-11-24(13-16-6-4-3-5-7-16)14-18(15)22-19(25)20-9-8-17-10-21-23(2)12-17/h3-7,10,12,15,18H,8-9,11,13-14H2,1-2H3,(H2,20,22,25)/t15-,18-/m1/s1. The summed E-state index contributed by atoms with van der Waals surface area (Å²) in [6, 6.07) is 10.6. The molecule has 0 bridgehead atoms. The summed E-state index contributed by atoms with van der Waals surface area (Å²) >= 11 is 0. The molecule has 0 spiro atoms. The minimum atomic E-state index is -0.0812. The van der Waals surface area contributed by atoms with Crippen molar-refractivity contribution in [3.63, 3.8) is 0 Å². The minimum Gasteiger partial charge on any atom is -0.338 e. The molecule has 2 heterocycles. The predicted octanol–water partition coefficient (Wildman–Crippen LogP) is 1.78. The van der Waals surface area contributed by atoms with Gasteiger partial charge in [0, 0.05) is 45.5 Å². The van der Waals surface area contributed by atoms with Crippen LogP contribution < -0.4 is 10.6 Å². The Kier molecular flexibility index (Phi) is 5.71. The predicted molar refractivity (Wildman–Crippen MR) is 98.1 cm³/mol. The number of carbonyl (C=O) groups is 1. The molecule has 2 atom stereocenters. The molecule has 1 aromatic heterocycles. The Morgan fingerprint density at radius 3 is 2.76 bits per heavy atom. The summed E-state index contributed by atoms with van der Waals surface area (Å²) in [5.74, 6) is 0.452. The second-order valence-electron chi connectivity index (χ2n) is 6.94. The molecule has 1 aliphatic heterocycles. The Bertz CT molecular complexity index is 684. The number of aromatic nitrogens is 2. The third-order valence-corrected chi connectivity index (χ3v) is 4.71. The molecule has 6 nitrogen and oxygen atoms in total. The molecule has 0 unspecified atom stereocenters. The van der Waals surface area contributed by atoms with Gasteiger partial charge in [-0.05, 0) is 23.5 Å². The first kappa shape index (κ1) is 17.5. The summed E-state index contributed by atoms with van der Waals surface area (Å²) in [5.41, 5.74) is 2.45. The number of aryl methyl sites for hydroxylation is 1. The van der Waals surface area contributed by atoms with Gasteiger partial charge in [-0.15, -0.1) is 0 Å². The van der Waals surface area contributed by atoms with Crippen LogP contribution in [0.5, 0.6) is 0 Å². The maximum absolute atomic E-state index is 12.1. The van der Waals surface area contributed by atoms with Crippen molar-refractivity contribution in [3.8, 4) is 0 Å². The largest absolute Gasteiger partial charge is 0.338 e. The van der Waals surface area contributed by atoms with E-state index in [4.69, 9.17) is 0 Å². The third-order valence-electron chi connectivity index (χ3n) is 4.71. The summed E-state index contributed by atoms with van der Waals surface area (Å²) in [6.07, 6.45) is 4.60. The average Bonchev–Trinajstić information content (AvgIpc) is 3.14. The number of hydrogen-bond acceptors (Lipinski definition) is 3. The van der Waals surface area contributed by atoms with E-state index in [0.29, 0.717) is 12.5 Å². The van der Waals surface area contributed by atoms with Crippen molar-refractivity contribution in [2.45, 2.75) is 25.9 Å². The number of urea groups is 1. The van der Waals surface area contributed by atoms with E-state index in [0.717, 1.165) is 31.6 Å². The van der Waals surface area contributed by atoms with Crippen LogP contribution in [0.25, 0.3) is 0 Å². The van der Waals surface area contributed by atoms with Crippen molar-refractivity contribution < 1.29 is 4.79 Å². The van der Waals surface area contributed by atoms with E-state index in [1.165, 1.54) is 5.56 Å². The quantitative estimate of drug-likeness (QED) is 0.842. The summed E-state index contributed by atoms with van der Waals surface area (Å²) < 4.78 is 1.77. The zero-order valence-electron chi connectivity index (χ0n) is 15.0. The van der Waals surface area contributed by atoms with E-state index in [1.807, 2.05) is 25.5 Å². The lowest BCUT2D eigenvalue weighted by molar-refractivity contribution is 0.234. The molecule has 2 aromatic rings. The number of benzene rings is 1. The molecule has 0 radical (unpaired) electrons. The van der Waals surface area contributed by atoms with E-state index >= 15 is 0 Å². The van der Waals surface area contributed by atoms with Gasteiger partial charge in [0.2, 0.25) is 0 Å². The molecule has 1 saturated heterocycles. The summed E-state index contributed by atoms with van der Waals surface area (Å²) in [5, 5.41) is 10.2. The van der Waals surface area contributed by atoms with E-state index in [2.05, 4.69) is 51.8 Å². The molecular formula is C19H27N5O. The number of hydrogen-bond donors (Lipinski definition) is 2. The van der Waals surface area contributed by atoms with Gasteiger partial charge in [0.05, 0.1) is 6.20 Å². The molecule has 0 aliphatic carbocycles. The molecule has 3 rings (SSSR count). The lowest BCUT2D eigenvalue weighted by Crippen LogP contribution is -2.45. The fourth-order valence-electron chi connectivity index (χ4n) is 3.37. The van der Waals surface area contributed by atoms with Crippen molar-refractivity contribution in [2.75, 3.05) is 19.6 Å². The molecule has 1 aromatic carbocycles. The number of carbonyl (C=O) groups excluding carboxylic acids is 1. The number of nitrogens with one attached hydrogen (secondary N) is 2. The first-order valence-electron chi connectivity index (χ1n) is 8.88. The van der Waals surface area contributed by atoms with Gasteiger partial charge in [0.1, 0.15) is 0 Å². The zero-order chi connectivity index (χ0) is 17.6. The van der Waals surface area contributed by atoms with E-state index < -0.39 is 0 Å². The van der Waals surface area contributed by atoms with Gasteiger partial charge in [-0.25, -0.2) is 4.79 Å². The molecule has 1 fully saturated rings. The summed E-state index contributed by atoms with van der Waals surface area (Å²) in [4.78, 5) is 14.5. The van der Waals surface area contributed by atoms with Crippen molar-refractivity contribution >= 4 is 6.03 Å². The fourth-order valence-corrected chi connectivity index (χ4v) is 3.37. The van der Waals surface area contributed by atoms with Crippen LogP contribution >= 0.6 is 0 Å². The lowest BCUT2D eigenvalue weighted by atomic mass is 10.1. The molecule has 0 saturated carbocycles. The Morgan fingerprint density at radius 2 is 2.04 bits per heavy atom. The van der Waals surface area contributed by atoms with E-state index in [1.54, 1.807) is 4.68 Å². The van der Waals surface area contributed by atoms with Crippen molar-refractivity contribution in [2.24, 2.45) is 13.0 Å². The minimum absolute atomic E-state index is 0.0812. The molecule has 2 amide bonds. The Labute approximate surface area is 149 Å². The van der Waals surface area contributed by atoms with Crippen molar-refractivity contribution in [1.82, 2.24) is 25.3 Å². The Hall–Kier alpha value is -2.34. The highest BCUT2D eigenvalue weighted by atomic mass is 16.2. The van der Waals surface area contributed by atoms with Crippen LogP contribution in [-0.2, 0) is 20.0 Å². The number of amides is 2. The second-order valence-corrected chi connectivity index (χ2v) is 6.94. The lowest BCUT2D eigenvalue weighted by Gasteiger charge is -2.17. The SMILES string of the molecule is C[C@@H]1CN(Cc2ccccc2)C[C@H]1NC(=O)NCCc1cnn(C)c1. The van der Waals surface area contributed by atoms with Crippen molar-refractivity contribution in [3.05, 3.63) is 53.9 Å². The van der Waals surface area contributed by atoms with Gasteiger partial charge in [-0.1, -0.05) is 37.3 Å². The third kappa shape index (κ3) is 5.06. The normalized spacial score (nSPS) is 20.6. The van der Waals surface area contributed by atoms with Crippen LogP contribution in [0.1, 0.15) is 18.1 Å². The maximum Gasteiger partial charge on any atom is 0.315 e. The van der Waals surface area contributed by atoms with Crippen molar-refractivity contribution in [1.29, 1.82) is 0 Å². The molecule has 134 valence electrons. The highest BCUT2D eigenvalue weighted by Gasteiger charge is 2.30. The van der Waals surface area contributed by atoms with Crippen LogP contribution in [0.3, 0.4) is 0 Å². The molecule has 2 N–H and O–H groups in total. The Balaban J connectivity index is 1.40. The molecule has 6 heteroatoms. The summed E-state index contributed by atoms with van der Waals surface area (Å²) in [6.45, 7) is 5.66. The highest BCUT2D eigenvalue weighted by molar-refractivity contribution is 5.74. The van der Waals surface area contributed by atoms with Gasteiger partial charge >= 0.3 is 6.03 Å². The zero-order valence-corrected chi connectivity index (χ0v) is 15.0. The van der Waals surface area contributed by atoms with Crippen LogP contribution in [0.2, 0.25) is 0 Å². The fraction of sp³-hybridized carbons (Fsp3) is 0.474. The van der Waals surface area contributed by atoms with Crippen LogP contribution in [0, 0.1) is 5.92 Å². The average molecular weight is 341 g/mol. The van der Waals surface area contributed by atoms with Gasteiger partial charge in [-0.3, -0.25) is 9.58 Å². The maximum atomic E-state index is 12.1. The van der Waals surface area contributed by atoms with Gasteiger partial charge in [0.15, 0.2) is 0 Å². The van der Waals surface area contributed by atoms with Crippen LogP contribution in [-0.4, -0.2) is 46.4 Å². The van der Waals surface area contributed by atoms with Gasteiger partial charge < -0.3 is 10.6 Å². The topological polar surface area (TPSA) is 62.2 Å². The summed E-state index contributed by atoms with van der Waals surface area (Å²) in [7, 11) is 1.90. The van der Waals surface area contributed by atoms with Crippen LogP contribution in [0.4, 0.5) is 4.79 Å². The first-order valence-corrected chi connectivity index (χ1v) is 8.88.